The highest BCUT2D eigenvalue weighted by Crippen LogP contribution is 2.39. The molecule has 2 heterocycles. The Morgan fingerprint density at radius 2 is 1.78 bits per heavy atom. The van der Waals surface area contributed by atoms with Crippen LogP contribution in [-0.2, 0) is 16.6 Å². The van der Waals surface area contributed by atoms with Crippen molar-refractivity contribution in [3.63, 3.8) is 0 Å². The van der Waals surface area contributed by atoms with E-state index in [0.29, 0.717) is 32.8 Å². The van der Waals surface area contributed by atoms with Gasteiger partial charge in [0.1, 0.15) is 4.88 Å². The molecule has 0 radical (unpaired) electrons. The molecule has 3 aromatic rings. The Morgan fingerprint density at radius 1 is 1.06 bits per heavy atom. The number of ketones is 1. The Morgan fingerprint density at radius 3 is 2.47 bits per heavy atom. The van der Waals surface area contributed by atoms with Gasteiger partial charge in [-0.3, -0.25) is 9.10 Å². The smallest absolute Gasteiger partial charge is 0.270 e. The van der Waals surface area contributed by atoms with Gasteiger partial charge in [-0.25, -0.2) is 8.42 Å². The van der Waals surface area contributed by atoms with Crippen molar-refractivity contribution in [2.24, 2.45) is 0 Å². The van der Waals surface area contributed by atoms with Crippen molar-refractivity contribution in [3.8, 4) is 11.5 Å². The molecule has 2 aromatic carbocycles. The van der Waals surface area contributed by atoms with E-state index in [2.05, 4.69) is 5.32 Å². The molecule has 4 rings (SSSR count). The minimum Gasteiger partial charge on any atom is -0.493 e. The van der Waals surface area contributed by atoms with Crippen LogP contribution in [0, 0.1) is 0 Å². The van der Waals surface area contributed by atoms with E-state index in [1.54, 1.807) is 53.9 Å². The molecule has 32 heavy (non-hydrogen) atoms. The molecule has 0 bridgehead atoms. The van der Waals surface area contributed by atoms with E-state index in [9.17, 15) is 13.2 Å². The minimum atomic E-state index is -4.10. The average molecular weight is 491 g/mol. The fourth-order valence-corrected chi connectivity index (χ4v) is 5.90. The highest BCUT2D eigenvalue weighted by molar-refractivity contribution is 7.97. The summed E-state index contributed by atoms with van der Waals surface area (Å²) in [5.41, 5.74) is 1.66. The van der Waals surface area contributed by atoms with E-state index in [1.807, 2.05) is 0 Å². The second-order valence-corrected chi connectivity index (χ2v) is 10.0. The maximum Gasteiger partial charge on any atom is 0.270 e. The molecule has 10 heteroatoms. The van der Waals surface area contributed by atoms with Crippen molar-refractivity contribution in [2.45, 2.75) is 6.54 Å². The van der Waals surface area contributed by atoms with Crippen LogP contribution >= 0.6 is 22.9 Å². The predicted molar refractivity (Wildman–Crippen MR) is 126 cm³/mol. The fourth-order valence-electron chi connectivity index (χ4n) is 3.29. The number of methoxy groups -OCH3 is 2. The quantitative estimate of drug-likeness (QED) is 0.494. The molecule has 1 aromatic heterocycles. The van der Waals surface area contributed by atoms with Gasteiger partial charge in [-0.15, -0.1) is 11.3 Å². The zero-order chi connectivity index (χ0) is 22.9. The van der Waals surface area contributed by atoms with Gasteiger partial charge in [0, 0.05) is 23.0 Å². The molecule has 0 saturated carbocycles. The van der Waals surface area contributed by atoms with Gasteiger partial charge in [-0.2, -0.15) is 0 Å². The first-order chi connectivity index (χ1) is 15.3. The lowest BCUT2D eigenvalue weighted by molar-refractivity contribution is 0.104. The van der Waals surface area contributed by atoms with Crippen molar-refractivity contribution >= 4 is 50.1 Å². The average Bonchev–Trinajstić information content (AvgIpc) is 3.27. The van der Waals surface area contributed by atoms with Gasteiger partial charge in [0.25, 0.3) is 10.0 Å². The largest absolute Gasteiger partial charge is 0.493 e. The van der Waals surface area contributed by atoms with E-state index >= 15 is 0 Å². The number of rotatable bonds is 6. The number of halogens is 1. The standard InChI is InChI=1S/C22H19ClN2O5S2/c1-29-18-8-7-16(11-19(18)30-2)24-12-20-21(26)22-17(9-10-31-22)25(32(20,27)28)13-14-3-5-15(23)6-4-14/h3-12,24H,13H2,1-2H3/b20-12-. The molecule has 0 unspecified atom stereocenters. The number of sulfonamides is 1. The third-order valence-corrected chi connectivity index (χ3v) is 7.82. The number of carbonyl (C=O) groups excluding carboxylic acids is 1. The van der Waals surface area contributed by atoms with Crippen LogP contribution in [0.4, 0.5) is 11.4 Å². The van der Waals surface area contributed by atoms with Gasteiger partial charge in [0.15, 0.2) is 16.4 Å². The van der Waals surface area contributed by atoms with Crippen LogP contribution < -0.4 is 19.1 Å². The van der Waals surface area contributed by atoms with Crippen LogP contribution in [0.3, 0.4) is 0 Å². The maximum atomic E-state index is 13.4. The lowest BCUT2D eigenvalue weighted by Gasteiger charge is -2.29. The van der Waals surface area contributed by atoms with E-state index in [-0.39, 0.29) is 11.4 Å². The summed E-state index contributed by atoms with van der Waals surface area (Å²) >= 11 is 7.15. The summed E-state index contributed by atoms with van der Waals surface area (Å²) in [5, 5.41) is 5.17. The van der Waals surface area contributed by atoms with E-state index in [0.717, 1.165) is 5.56 Å². The Kier molecular flexibility index (Phi) is 6.14. The van der Waals surface area contributed by atoms with E-state index < -0.39 is 15.8 Å². The van der Waals surface area contributed by atoms with E-state index in [1.165, 1.54) is 36.1 Å². The van der Waals surface area contributed by atoms with E-state index in [4.69, 9.17) is 21.1 Å². The second kappa shape index (κ2) is 8.85. The van der Waals surface area contributed by atoms with Gasteiger partial charge < -0.3 is 14.8 Å². The summed E-state index contributed by atoms with van der Waals surface area (Å²) in [6.45, 7) is 0.0736. The Bertz CT molecular complexity index is 1300. The first-order valence-corrected chi connectivity index (χ1v) is 12.1. The number of hydrogen-bond acceptors (Lipinski definition) is 7. The van der Waals surface area contributed by atoms with Crippen molar-refractivity contribution in [2.75, 3.05) is 23.8 Å². The minimum absolute atomic E-state index is 0.0736. The molecule has 0 amide bonds. The number of Topliss-reactive ketones (excluding diaryl/α,β-unsaturated/α-hetero) is 1. The summed E-state index contributed by atoms with van der Waals surface area (Å²) in [5.74, 6) is 0.457. The number of ether oxygens (including phenoxy) is 2. The molecule has 0 spiro atoms. The summed E-state index contributed by atoms with van der Waals surface area (Å²) in [6.07, 6.45) is 1.22. The lowest BCUT2D eigenvalue weighted by Crippen LogP contribution is -2.38. The predicted octanol–water partition coefficient (Wildman–Crippen LogP) is 4.90. The van der Waals surface area contributed by atoms with Crippen LogP contribution in [0.15, 0.2) is 65.0 Å². The van der Waals surface area contributed by atoms with Crippen LogP contribution in [0.25, 0.3) is 0 Å². The monoisotopic (exact) mass is 490 g/mol. The van der Waals surface area contributed by atoms with Crippen LogP contribution in [0.1, 0.15) is 15.2 Å². The second-order valence-electron chi connectivity index (χ2n) is 6.82. The van der Waals surface area contributed by atoms with Crippen molar-refractivity contribution < 1.29 is 22.7 Å². The highest BCUT2D eigenvalue weighted by atomic mass is 35.5. The van der Waals surface area contributed by atoms with Crippen LogP contribution in [0.2, 0.25) is 5.02 Å². The summed E-state index contributed by atoms with van der Waals surface area (Å²) in [6, 6.07) is 13.6. The third kappa shape index (κ3) is 4.06. The lowest BCUT2D eigenvalue weighted by atomic mass is 10.2. The molecule has 1 aliphatic heterocycles. The molecule has 1 aliphatic rings. The van der Waals surface area contributed by atoms with Gasteiger partial charge in [-0.1, -0.05) is 23.7 Å². The number of anilines is 2. The molecule has 0 saturated heterocycles. The summed E-state index contributed by atoms with van der Waals surface area (Å²) in [4.78, 5) is 13.0. The first-order valence-electron chi connectivity index (χ1n) is 9.43. The molecular formula is C22H19ClN2O5S2. The third-order valence-electron chi connectivity index (χ3n) is 4.90. The molecular weight excluding hydrogens is 472 g/mol. The zero-order valence-electron chi connectivity index (χ0n) is 17.2. The van der Waals surface area contributed by atoms with Gasteiger partial charge in [-0.05, 0) is 41.3 Å². The van der Waals surface area contributed by atoms with Crippen molar-refractivity contribution in [1.82, 2.24) is 0 Å². The van der Waals surface area contributed by atoms with Gasteiger partial charge in [0.2, 0.25) is 5.78 Å². The molecule has 0 fully saturated rings. The zero-order valence-corrected chi connectivity index (χ0v) is 19.6. The van der Waals surface area contributed by atoms with Crippen molar-refractivity contribution in [1.29, 1.82) is 0 Å². The van der Waals surface area contributed by atoms with Crippen molar-refractivity contribution in [3.05, 3.63) is 80.5 Å². The molecule has 0 atom stereocenters. The summed E-state index contributed by atoms with van der Waals surface area (Å²) < 4.78 is 38.6. The Hall–Kier alpha value is -3.01. The molecule has 166 valence electrons. The number of allylic oxidation sites excluding steroid dienone is 1. The molecule has 1 N–H and O–H groups in total. The normalized spacial score (nSPS) is 16.0. The number of fused-ring (bicyclic) bond motifs is 1. The molecule has 0 aliphatic carbocycles. The fraction of sp³-hybridized carbons (Fsp3) is 0.136. The number of nitrogens with zero attached hydrogens (tertiary/aromatic N) is 1. The highest BCUT2D eigenvalue weighted by Gasteiger charge is 2.41. The SMILES string of the molecule is COc1ccc(N/C=C2/C(=O)c3sccc3N(Cc3ccc(Cl)cc3)S2(=O)=O)cc1OC. The number of thiophene rings is 1. The Balaban J connectivity index is 1.71. The number of benzene rings is 2. The number of nitrogens with one attached hydrogen (secondary N) is 1. The van der Waals surface area contributed by atoms with Crippen LogP contribution in [0.5, 0.6) is 11.5 Å². The summed E-state index contributed by atoms with van der Waals surface area (Å²) in [7, 11) is -1.08. The van der Waals surface area contributed by atoms with Gasteiger partial charge >= 0.3 is 0 Å². The topological polar surface area (TPSA) is 84.9 Å². The first kappa shape index (κ1) is 22.2. The molecule has 7 nitrogen and oxygen atoms in total. The Labute approximate surface area is 194 Å². The number of hydrogen-bond donors (Lipinski definition) is 1. The maximum absolute atomic E-state index is 13.4. The van der Waals surface area contributed by atoms with Crippen LogP contribution in [-0.4, -0.2) is 28.4 Å². The van der Waals surface area contributed by atoms with Gasteiger partial charge in [0.05, 0.1) is 26.5 Å². The number of carbonyl (C=O) groups is 1.